The first kappa shape index (κ1) is 24.3. The minimum atomic E-state index is -0.797. The molecule has 1 aliphatic heterocycles. The molecule has 1 fully saturated rings. The highest BCUT2D eigenvalue weighted by molar-refractivity contribution is 9.10. The molecule has 1 N–H and O–H groups in total. The molecule has 4 aromatic carbocycles. The van der Waals surface area contributed by atoms with E-state index in [4.69, 9.17) is 9.47 Å². The first-order valence-electron chi connectivity index (χ1n) is 11.4. The van der Waals surface area contributed by atoms with Gasteiger partial charge in [-0.1, -0.05) is 60.7 Å². The summed E-state index contributed by atoms with van der Waals surface area (Å²) in [5.41, 5.74) is 1.72. The van der Waals surface area contributed by atoms with Crippen LogP contribution in [0.3, 0.4) is 0 Å². The largest absolute Gasteiger partial charge is 0.493 e. The van der Waals surface area contributed by atoms with Gasteiger partial charge in [-0.15, -0.1) is 0 Å². The number of rotatable bonds is 6. The zero-order valence-electron chi connectivity index (χ0n) is 19.7. The van der Waals surface area contributed by atoms with E-state index in [2.05, 4.69) is 21.2 Å². The molecule has 8 heteroatoms. The number of carbonyl (C=O) groups is 3. The number of hydrogen-bond donors (Lipinski definition) is 1. The van der Waals surface area contributed by atoms with E-state index in [1.807, 2.05) is 42.5 Å². The quantitative estimate of drug-likeness (QED) is 0.237. The van der Waals surface area contributed by atoms with Gasteiger partial charge >= 0.3 is 6.03 Å². The van der Waals surface area contributed by atoms with Crippen molar-refractivity contribution in [2.24, 2.45) is 0 Å². The van der Waals surface area contributed by atoms with Gasteiger partial charge in [0, 0.05) is 0 Å². The lowest BCUT2D eigenvalue weighted by molar-refractivity contribution is -0.122. The fourth-order valence-electron chi connectivity index (χ4n) is 4.17. The molecule has 1 saturated heterocycles. The van der Waals surface area contributed by atoms with Crippen molar-refractivity contribution in [3.8, 4) is 11.5 Å². The summed E-state index contributed by atoms with van der Waals surface area (Å²) in [6.07, 6.45) is 1.42. The van der Waals surface area contributed by atoms with Crippen molar-refractivity contribution in [1.82, 2.24) is 5.32 Å². The molecule has 0 saturated carbocycles. The number of methoxy groups -OCH3 is 1. The first-order chi connectivity index (χ1) is 18.0. The highest BCUT2D eigenvalue weighted by Gasteiger charge is 2.36. The van der Waals surface area contributed by atoms with Crippen molar-refractivity contribution >= 4 is 56.3 Å². The van der Waals surface area contributed by atoms with Crippen LogP contribution >= 0.6 is 15.9 Å². The van der Waals surface area contributed by atoms with Crippen LogP contribution in [0, 0.1) is 0 Å². The van der Waals surface area contributed by atoms with Gasteiger partial charge in [0.1, 0.15) is 12.2 Å². The maximum absolute atomic E-state index is 13.1. The van der Waals surface area contributed by atoms with Crippen LogP contribution in [-0.2, 0) is 16.2 Å². The van der Waals surface area contributed by atoms with Crippen LogP contribution in [0.1, 0.15) is 11.1 Å². The van der Waals surface area contributed by atoms with Crippen molar-refractivity contribution in [3.63, 3.8) is 0 Å². The third-order valence-corrected chi connectivity index (χ3v) is 6.52. The second-order valence-corrected chi connectivity index (χ2v) is 9.11. The molecular weight excluding hydrogens is 536 g/mol. The Morgan fingerprint density at radius 3 is 2.43 bits per heavy atom. The van der Waals surface area contributed by atoms with Crippen LogP contribution in [0.15, 0.2) is 95.0 Å². The summed E-state index contributed by atoms with van der Waals surface area (Å²) in [5, 5.41) is 4.45. The van der Waals surface area contributed by atoms with Crippen LogP contribution in [0.5, 0.6) is 11.5 Å². The topological polar surface area (TPSA) is 84.9 Å². The van der Waals surface area contributed by atoms with Gasteiger partial charge < -0.3 is 9.47 Å². The summed E-state index contributed by atoms with van der Waals surface area (Å²) >= 11 is 3.53. The van der Waals surface area contributed by atoms with E-state index in [1.165, 1.54) is 13.2 Å². The second kappa shape index (κ2) is 10.3. The maximum Gasteiger partial charge on any atom is 0.335 e. The highest BCUT2D eigenvalue weighted by Crippen LogP contribution is 2.38. The van der Waals surface area contributed by atoms with Crippen molar-refractivity contribution in [2.75, 3.05) is 12.0 Å². The summed E-state index contributed by atoms with van der Waals surface area (Å²) in [7, 11) is 1.51. The monoisotopic (exact) mass is 556 g/mol. The Kier molecular flexibility index (Phi) is 6.74. The van der Waals surface area contributed by atoms with E-state index < -0.39 is 17.8 Å². The molecule has 0 radical (unpaired) electrons. The summed E-state index contributed by atoms with van der Waals surface area (Å²) < 4.78 is 12.3. The molecule has 1 heterocycles. The number of carbonyl (C=O) groups excluding carboxylic acids is 3. The Balaban J connectivity index is 1.44. The molecule has 0 spiro atoms. The number of halogens is 1. The summed E-state index contributed by atoms with van der Waals surface area (Å²) in [6, 6.07) is 25.1. The number of imide groups is 2. The predicted molar refractivity (Wildman–Crippen MR) is 144 cm³/mol. The number of amides is 4. The molecule has 4 amide bonds. The van der Waals surface area contributed by atoms with Crippen LogP contribution < -0.4 is 19.7 Å². The van der Waals surface area contributed by atoms with Crippen molar-refractivity contribution in [3.05, 3.63) is 106 Å². The molecule has 0 bridgehead atoms. The van der Waals surface area contributed by atoms with Gasteiger partial charge in [0.25, 0.3) is 11.8 Å². The Labute approximate surface area is 221 Å². The minimum absolute atomic E-state index is 0.179. The molecule has 7 nitrogen and oxygen atoms in total. The number of ether oxygens (including phenoxy) is 2. The minimum Gasteiger partial charge on any atom is -0.493 e. The third-order valence-electron chi connectivity index (χ3n) is 5.93. The number of anilines is 1. The van der Waals surface area contributed by atoms with Crippen LogP contribution in [0.4, 0.5) is 10.5 Å². The van der Waals surface area contributed by atoms with Gasteiger partial charge in [-0.3, -0.25) is 14.9 Å². The number of benzene rings is 4. The van der Waals surface area contributed by atoms with Gasteiger partial charge in [-0.05, 0) is 68.2 Å². The lowest BCUT2D eigenvalue weighted by atomic mass is 10.1. The fourth-order valence-corrected chi connectivity index (χ4v) is 4.74. The average Bonchev–Trinajstić information content (AvgIpc) is 2.90. The highest BCUT2D eigenvalue weighted by atomic mass is 79.9. The lowest BCUT2D eigenvalue weighted by Gasteiger charge is -2.26. The zero-order chi connectivity index (χ0) is 25.9. The Morgan fingerprint density at radius 1 is 0.919 bits per heavy atom. The van der Waals surface area contributed by atoms with Crippen molar-refractivity contribution < 1.29 is 23.9 Å². The fraction of sp³-hybridized carbons (Fsp3) is 0.0690. The van der Waals surface area contributed by atoms with Gasteiger partial charge in [0.15, 0.2) is 11.5 Å². The average molecular weight is 557 g/mol. The molecule has 1 aliphatic rings. The van der Waals surface area contributed by atoms with E-state index >= 15 is 0 Å². The lowest BCUT2D eigenvalue weighted by Crippen LogP contribution is -2.54. The van der Waals surface area contributed by atoms with Crippen LogP contribution in [-0.4, -0.2) is 25.0 Å². The Hall–Kier alpha value is -4.43. The van der Waals surface area contributed by atoms with Crippen molar-refractivity contribution in [2.45, 2.75) is 6.61 Å². The number of urea groups is 1. The Bertz CT molecular complexity index is 1560. The van der Waals surface area contributed by atoms with E-state index in [0.29, 0.717) is 33.8 Å². The van der Waals surface area contributed by atoms with E-state index in [0.717, 1.165) is 21.2 Å². The standard InChI is InChI=1S/C29H21BrN2O5/c1-36-25-16-18(14-23-27(33)31-29(35)32(28(23)34)21-11-3-2-4-12-21)15-24(30)26(25)37-17-20-10-7-9-19-8-5-6-13-22(19)20/h2-16H,17H2,1H3,(H,31,33,35). The number of nitrogens with one attached hydrogen (secondary N) is 1. The van der Waals surface area contributed by atoms with Gasteiger partial charge in [-0.25, -0.2) is 9.69 Å². The van der Waals surface area contributed by atoms with Gasteiger partial charge in [0.2, 0.25) is 0 Å². The molecule has 37 heavy (non-hydrogen) atoms. The summed E-state index contributed by atoms with van der Waals surface area (Å²) in [5.74, 6) is -0.584. The summed E-state index contributed by atoms with van der Waals surface area (Å²) in [4.78, 5) is 39.0. The molecule has 0 aliphatic carbocycles. The number of nitrogens with zero attached hydrogens (tertiary/aromatic N) is 1. The predicted octanol–water partition coefficient (Wildman–Crippen LogP) is 5.86. The summed E-state index contributed by atoms with van der Waals surface area (Å²) in [6.45, 7) is 0.311. The van der Waals surface area contributed by atoms with Gasteiger partial charge in [0.05, 0.1) is 17.3 Å². The first-order valence-corrected chi connectivity index (χ1v) is 12.2. The number of para-hydroxylation sites is 1. The number of fused-ring (bicyclic) bond motifs is 1. The third kappa shape index (κ3) is 4.83. The second-order valence-electron chi connectivity index (χ2n) is 8.25. The Morgan fingerprint density at radius 2 is 1.65 bits per heavy atom. The smallest absolute Gasteiger partial charge is 0.335 e. The van der Waals surface area contributed by atoms with Crippen molar-refractivity contribution in [1.29, 1.82) is 0 Å². The molecular formula is C29H21BrN2O5. The van der Waals surface area contributed by atoms with E-state index in [9.17, 15) is 14.4 Å². The van der Waals surface area contributed by atoms with Gasteiger partial charge in [-0.2, -0.15) is 0 Å². The molecule has 4 aromatic rings. The molecule has 0 unspecified atom stereocenters. The molecule has 5 rings (SSSR count). The van der Waals surface area contributed by atoms with Crippen LogP contribution in [0.2, 0.25) is 0 Å². The molecule has 0 aromatic heterocycles. The van der Waals surface area contributed by atoms with E-state index in [-0.39, 0.29) is 5.57 Å². The number of hydrogen-bond acceptors (Lipinski definition) is 5. The van der Waals surface area contributed by atoms with E-state index in [1.54, 1.807) is 42.5 Å². The molecule has 184 valence electrons. The number of barbiturate groups is 1. The normalized spacial score (nSPS) is 14.7. The van der Waals surface area contributed by atoms with Crippen LogP contribution in [0.25, 0.3) is 16.8 Å². The molecule has 0 atom stereocenters. The maximum atomic E-state index is 13.1. The zero-order valence-corrected chi connectivity index (χ0v) is 21.3. The SMILES string of the molecule is COc1cc(C=C2C(=O)NC(=O)N(c3ccccc3)C2=O)cc(Br)c1OCc1cccc2ccccc12.